The molecule has 0 fully saturated rings. The molecule has 3 rings (SSSR count). The van der Waals surface area contributed by atoms with Crippen LogP contribution in [0.15, 0.2) is 70.0 Å². The van der Waals surface area contributed by atoms with Crippen molar-refractivity contribution in [2.45, 2.75) is 55.6 Å². The summed E-state index contributed by atoms with van der Waals surface area (Å²) in [6.07, 6.45) is 0. The molecule has 0 radical (unpaired) electrons. The van der Waals surface area contributed by atoms with E-state index in [0.717, 1.165) is 0 Å². The van der Waals surface area contributed by atoms with E-state index in [1.165, 1.54) is 32.1 Å². The standard InChI is InChI=1S/C25H34Ge2/c1-6-26(7-2)20-24(22-16-12-10-13-17-22)27(8-3,9-4)21(5)25(26)23-18-14-11-15-19-23/h10-20H,6-9H2,1-5H3. The van der Waals surface area contributed by atoms with Gasteiger partial charge < -0.3 is 0 Å². The third-order valence-electron chi connectivity index (χ3n) is 7.14. The van der Waals surface area contributed by atoms with Gasteiger partial charge in [0.2, 0.25) is 0 Å². The Bertz CT molecular complexity index is 823. The molecule has 2 aromatic carbocycles. The molecule has 0 bridgehead atoms. The van der Waals surface area contributed by atoms with Crippen molar-refractivity contribution >= 4 is 35.3 Å². The van der Waals surface area contributed by atoms with Gasteiger partial charge in [0, 0.05) is 0 Å². The van der Waals surface area contributed by atoms with E-state index < -0.39 is 26.5 Å². The Morgan fingerprint density at radius 3 is 1.56 bits per heavy atom. The number of hydrogen-bond acceptors (Lipinski definition) is 0. The van der Waals surface area contributed by atoms with E-state index in [4.69, 9.17) is 0 Å². The molecule has 0 aliphatic carbocycles. The van der Waals surface area contributed by atoms with E-state index in [0.29, 0.717) is 0 Å². The summed E-state index contributed by atoms with van der Waals surface area (Å²) in [4.78, 5) is 2.91. The molecule has 142 valence electrons. The van der Waals surface area contributed by atoms with Gasteiger partial charge in [-0.25, -0.2) is 0 Å². The number of rotatable bonds is 6. The minimum atomic E-state index is -2.33. The van der Waals surface area contributed by atoms with Gasteiger partial charge in [0.1, 0.15) is 0 Å². The van der Waals surface area contributed by atoms with E-state index in [-0.39, 0.29) is 0 Å². The maximum absolute atomic E-state index is 2.91. The van der Waals surface area contributed by atoms with Crippen LogP contribution in [-0.2, 0) is 0 Å². The van der Waals surface area contributed by atoms with Crippen LogP contribution < -0.4 is 0 Å². The van der Waals surface area contributed by atoms with Crippen LogP contribution in [0.25, 0.3) is 8.81 Å². The molecule has 1 aliphatic rings. The second-order valence-electron chi connectivity index (χ2n) is 7.94. The first kappa shape index (κ1) is 20.7. The first-order chi connectivity index (χ1) is 13.1. The third kappa shape index (κ3) is 3.44. The average molecular weight is 480 g/mol. The third-order valence-corrected chi connectivity index (χ3v) is 31.7. The van der Waals surface area contributed by atoms with Gasteiger partial charge in [0.25, 0.3) is 0 Å². The number of hydrogen-bond donors (Lipinski definition) is 0. The van der Waals surface area contributed by atoms with E-state index in [2.05, 4.69) is 100 Å². The predicted octanol–water partition coefficient (Wildman–Crippen LogP) is 7.69. The van der Waals surface area contributed by atoms with Gasteiger partial charge in [-0.2, -0.15) is 0 Å². The van der Waals surface area contributed by atoms with Gasteiger partial charge in [-0.3, -0.25) is 0 Å². The molecule has 2 heteroatoms. The van der Waals surface area contributed by atoms with Gasteiger partial charge in [0.15, 0.2) is 0 Å². The molecule has 0 saturated carbocycles. The second kappa shape index (κ2) is 8.57. The van der Waals surface area contributed by atoms with Crippen LogP contribution >= 0.6 is 0 Å². The fourth-order valence-corrected chi connectivity index (χ4v) is 34.1. The van der Waals surface area contributed by atoms with Crippen LogP contribution in [0.3, 0.4) is 0 Å². The van der Waals surface area contributed by atoms with Crippen LogP contribution in [0, 0.1) is 0 Å². The average Bonchev–Trinajstić information content (AvgIpc) is 2.74. The zero-order valence-corrected chi connectivity index (χ0v) is 21.9. The molecule has 1 heterocycles. The molecule has 0 aromatic heterocycles. The summed E-state index contributed by atoms with van der Waals surface area (Å²) in [7, 11) is 0. The summed E-state index contributed by atoms with van der Waals surface area (Å²) in [6.45, 7) is 12.4. The molecule has 0 amide bonds. The molecule has 0 unspecified atom stereocenters. The van der Waals surface area contributed by atoms with E-state index in [1.807, 2.05) is 8.81 Å². The summed E-state index contributed by atoms with van der Waals surface area (Å²) in [5.41, 5.74) is 3.04. The first-order valence-electron chi connectivity index (χ1n) is 10.6. The molecule has 0 spiro atoms. The van der Waals surface area contributed by atoms with E-state index in [9.17, 15) is 0 Å². The van der Waals surface area contributed by atoms with E-state index >= 15 is 0 Å². The summed E-state index contributed by atoms with van der Waals surface area (Å²) in [5.74, 6) is 0. The van der Waals surface area contributed by atoms with Crippen LogP contribution in [0.4, 0.5) is 0 Å². The zero-order valence-electron chi connectivity index (χ0n) is 17.7. The van der Waals surface area contributed by atoms with Crippen molar-refractivity contribution in [3.05, 3.63) is 81.1 Å². The zero-order chi connectivity index (χ0) is 19.5. The molecule has 0 N–H and O–H groups in total. The molecule has 0 atom stereocenters. The Labute approximate surface area is 171 Å². The Hall–Kier alpha value is -0.994. The van der Waals surface area contributed by atoms with E-state index in [1.54, 1.807) is 4.41 Å². The van der Waals surface area contributed by atoms with Crippen molar-refractivity contribution in [3.63, 3.8) is 0 Å². The van der Waals surface area contributed by atoms with Gasteiger partial charge >= 0.3 is 172 Å². The quantitative estimate of drug-likeness (QED) is 0.373. The predicted molar refractivity (Wildman–Crippen MR) is 127 cm³/mol. The minimum absolute atomic E-state index is 1.35. The van der Waals surface area contributed by atoms with Crippen LogP contribution in [0.1, 0.15) is 45.7 Å². The topological polar surface area (TPSA) is 0 Å². The van der Waals surface area contributed by atoms with Crippen LogP contribution in [-0.4, -0.2) is 26.5 Å². The van der Waals surface area contributed by atoms with Crippen molar-refractivity contribution in [1.29, 1.82) is 0 Å². The van der Waals surface area contributed by atoms with Crippen molar-refractivity contribution in [2.24, 2.45) is 0 Å². The van der Waals surface area contributed by atoms with Crippen LogP contribution in [0.2, 0.25) is 21.0 Å². The van der Waals surface area contributed by atoms with Gasteiger partial charge in [-0.15, -0.1) is 0 Å². The molecular formula is C25H34Ge2. The molecule has 0 nitrogen and oxygen atoms in total. The molecule has 27 heavy (non-hydrogen) atoms. The fraction of sp³-hybridized carbons (Fsp3) is 0.360. The number of allylic oxidation sites excluding steroid dienone is 1. The number of benzene rings is 2. The summed E-state index contributed by atoms with van der Waals surface area (Å²) in [6, 6.07) is 22.7. The van der Waals surface area contributed by atoms with Gasteiger partial charge in [0.05, 0.1) is 0 Å². The normalized spacial score (nSPS) is 18.3. The summed E-state index contributed by atoms with van der Waals surface area (Å²) in [5, 5.41) is 5.40. The van der Waals surface area contributed by atoms with Crippen molar-refractivity contribution in [3.8, 4) is 0 Å². The Balaban J connectivity index is 2.35. The van der Waals surface area contributed by atoms with Gasteiger partial charge in [-0.1, -0.05) is 0 Å². The molecule has 0 saturated heterocycles. The molecule has 2 aromatic rings. The van der Waals surface area contributed by atoms with Crippen molar-refractivity contribution < 1.29 is 0 Å². The second-order valence-corrected chi connectivity index (χ2v) is 27.6. The monoisotopic (exact) mass is 482 g/mol. The summed E-state index contributed by atoms with van der Waals surface area (Å²) < 4.78 is 5.49. The Morgan fingerprint density at radius 1 is 0.630 bits per heavy atom. The van der Waals surface area contributed by atoms with Crippen LogP contribution in [0.5, 0.6) is 0 Å². The Kier molecular flexibility index (Phi) is 6.58. The molecule has 1 aliphatic heterocycles. The molecular weight excluding hydrogens is 445 g/mol. The van der Waals surface area contributed by atoms with Gasteiger partial charge in [-0.05, 0) is 0 Å². The van der Waals surface area contributed by atoms with Crippen molar-refractivity contribution in [1.82, 2.24) is 0 Å². The fourth-order valence-electron chi connectivity index (χ4n) is 5.36. The van der Waals surface area contributed by atoms with Crippen molar-refractivity contribution in [2.75, 3.05) is 0 Å². The first-order valence-corrected chi connectivity index (χ1v) is 20.9. The SMILES string of the molecule is C[CH2][Ge]1([CH2]C)[CH]=[C](c2ccccc2)[Ge]([CH2]C)([CH2]C)[C](C)=[C]1c1ccccc1. The summed E-state index contributed by atoms with van der Waals surface area (Å²) >= 11 is -4.63. The maximum atomic E-state index is 2.91. The Morgan fingerprint density at radius 2 is 1.11 bits per heavy atom.